The number of rotatable bonds is 2. The zero-order valence-corrected chi connectivity index (χ0v) is 16.2. The van der Waals surface area contributed by atoms with Gasteiger partial charge in [-0.3, -0.25) is 4.68 Å². The van der Waals surface area contributed by atoms with E-state index < -0.39 is 0 Å². The van der Waals surface area contributed by atoms with E-state index in [0.29, 0.717) is 17.6 Å². The first-order valence-electron chi connectivity index (χ1n) is 10.3. The lowest BCUT2D eigenvalue weighted by molar-refractivity contribution is 0.102. The first-order valence-corrected chi connectivity index (χ1v) is 10.3. The van der Waals surface area contributed by atoms with Gasteiger partial charge in [0.2, 0.25) is 0 Å². The molecule has 1 heterocycles. The van der Waals surface area contributed by atoms with Crippen LogP contribution in [0.15, 0.2) is 24.4 Å². The van der Waals surface area contributed by atoms with Crippen LogP contribution in [0.4, 0.5) is 0 Å². The van der Waals surface area contributed by atoms with Crippen molar-refractivity contribution in [2.24, 2.45) is 17.8 Å². The molecule has 3 nitrogen and oxygen atoms in total. The predicted octanol–water partition coefficient (Wildman–Crippen LogP) is 4.81. The highest BCUT2D eigenvalue weighted by Gasteiger charge is 2.54. The molecule has 0 amide bonds. The van der Waals surface area contributed by atoms with Gasteiger partial charge in [-0.1, -0.05) is 26.8 Å². The van der Waals surface area contributed by atoms with Crippen LogP contribution in [0.2, 0.25) is 0 Å². The van der Waals surface area contributed by atoms with E-state index in [0.717, 1.165) is 24.8 Å². The van der Waals surface area contributed by atoms with Crippen molar-refractivity contribution in [3.8, 4) is 5.75 Å². The molecule has 1 aromatic heterocycles. The molecular formula is C23H30N2O. The summed E-state index contributed by atoms with van der Waals surface area (Å²) in [6.45, 7) is 8.04. The maximum absolute atomic E-state index is 9.84. The summed E-state index contributed by atoms with van der Waals surface area (Å²) in [7, 11) is 0. The van der Waals surface area contributed by atoms with Crippen molar-refractivity contribution in [2.45, 2.75) is 70.8 Å². The van der Waals surface area contributed by atoms with Gasteiger partial charge in [0.1, 0.15) is 5.75 Å². The second-order valence-electron chi connectivity index (χ2n) is 9.58. The van der Waals surface area contributed by atoms with Crippen LogP contribution in [0, 0.1) is 17.8 Å². The fourth-order valence-corrected chi connectivity index (χ4v) is 6.36. The van der Waals surface area contributed by atoms with E-state index in [4.69, 9.17) is 5.10 Å². The molecule has 3 heteroatoms. The SMILES string of the molecule is CC(C)Cn1cc2c(n1)[C@@]1(C)CC[C@@H]3c4ccc(O)cc4CC[C@H]3[C@@H]1C2. The predicted molar refractivity (Wildman–Crippen MR) is 104 cm³/mol. The number of phenolic OH excluding ortho intramolecular Hbond substituents is 1. The van der Waals surface area contributed by atoms with Crippen LogP contribution in [0.1, 0.15) is 68.3 Å². The van der Waals surface area contributed by atoms with E-state index >= 15 is 0 Å². The zero-order valence-electron chi connectivity index (χ0n) is 16.2. The monoisotopic (exact) mass is 350 g/mol. The second kappa shape index (κ2) is 5.61. The normalized spacial score (nSPS) is 32.1. The Morgan fingerprint density at radius 3 is 2.92 bits per heavy atom. The van der Waals surface area contributed by atoms with E-state index in [2.05, 4.69) is 37.7 Å². The molecule has 4 atom stereocenters. The molecule has 0 saturated heterocycles. The maximum Gasteiger partial charge on any atom is 0.115 e. The van der Waals surface area contributed by atoms with Gasteiger partial charge in [-0.25, -0.2) is 0 Å². The minimum atomic E-state index is 0.257. The molecular weight excluding hydrogens is 320 g/mol. The standard InChI is InChI=1S/C23H30N2O/c1-14(2)12-25-13-16-11-21-20-6-4-15-10-17(26)5-7-18(15)19(20)8-9-23(21,3)22(16)24-25/h5,7,10,13-14,19-21,26H,4,6,8-9,11-12H2,1-3H3/t19-,20-,21+,23+/m1/s1. The van der Waals surface area contributed by atoms with Crippen LogP contribution in [0.3, 0.4) is 0 Å². The minimum Gasteiger partial charge on any atom is -0.508 e. The second-order valence-corrected chi connectivity index (χ2v) is 9.58. The highest BCUT2D eigenvalue weighted by atomic mass is 16.3. The lowest BCUT2D eigenvalue weighted by Gasteiger charge is -2.49. The Morgan fingerprint density at radius 2 is 2.12 bits per heavy atom. The summed E-state index contributed by atoms with van der Waals surface area (Å²) in [6.07, 6.45) is 8.41. The van der Waals surface area contributed by atoms with Gasteiger partial charge in [-0.2, -0.15) is 5.10 Å². The quantitative estimate of drug-likeness (QED) is 0.843. The summed E-state index contributed by atoms with van der Waals surface area (Å²) in [5.41, 5.74) is 6.06. The summed E-state index contributed by atoms with van der Waals surface area (Å²) in [5.74, 6) is 3.22. The molecule has 1 N–H and O–H groups in total. The number of nitrogens with zero attached hydrogens (tertiary/aromatic N) is 2. The molecule has 1 aromatic carbocycles. The Balaban J connectivity index is 1.47. The molecule has 1 fully saturated rings. The van der Waals surface area contributed by atoms with Crippen molar-refractivity contribution in [3.63, 3.8) is 0 Å². The Kier molecular flexibility index (Phi) is 3.54. The average Bonchev–Trinajstić information content (AvgIpc) is 3.10. The lowest BCUT2D eigenvalue weighted by Crippen LogP contribution is -2.43. The van der Waals surface area contributed by atoms with E-state index in [1.54, 1.807) is 0 Å². The summed E-state index contributed by atoms with van der Waals surface area (Å²) in [5, 5.41) is 14.9. The smallest absolute Gasteiger partial charge is 0.115 e. The van der Waals surface area contributed by atoms with Crippen LogP contribution < -0.4 is 0 Å². The number of phenols is 1. The number of fused-ring (bicyclic) bond motifs is 7. The molecule has 5 rings (SSSR count). The maximum atomic E-state index is 9.84. The van der Waals surface area contributed by atoms with Crippen LogP contribution in [0.5, 0.6) is 5.75 Å². The minimum absolute atomic E-state index is 0.257. The molecule has 26 heavy (non-hydrogen) atoms. The Labute approximate surface area is 156 Å². The number of benzene rings is 1. The molecule has 3 aliphatic rings. The van der Waals surface area contributed by atoms with Crippen LogP contribution in [-0.2, 0) is 24.8 Å². The fraction of sp³-hybridized carbons (Fsp3) is 0.609. The van der Waals surface area contributed by atoms with Crippen LogP contribution in [-0.4, -0.2) is 14.9 Å². The van der Waals surface area contributed by atoms with Gasteiger partial charge in [-0.15, -0.1) is 0 Å². The van der Waals surface area contributed by atoms with Crippen LogP contribution in [0.25, 0.3) is 0 Å². The van der Waals surface area contributed by atoms with E-state index in [-0.39, 0.29) is 5.41 Å². The lowest BCUT2D eigenvalue weighted by atomic mass is 9.55. The topological polar surface area (TPSA) is 38.0 Å². The van der Waals surface area contributed by atoms with Crippen molar-refractivity contribution >= 4 is 0 Å². The van der Waals surface area contributed by atoms with Crippen molar-refractivity contribution in [3.05, 3.63) is 46.8 Å². The molecule has 0 unspecified atom stereocenters. The number of hydrogen-bond donors (Lipinski definition) is 1. The summed E-state index contributed by atoms with van der Waals surface area (Å²) < 4.78 is 2.20. The molecule has 0 radical (unpaired) electrons. The molecule has 0 aliphatic heterocycles. The van der Waals surface area contributed by atoms with Gasteiger partial charge in [0.25, 0.3) is 0 Å². The third-order valence-electron chi connectivity index (χ3n) is 7.47. The Bertz CT molecular complexity index is 852. The Hall–Kier alpha value is -1.77. The third kappa shape index (κ3) is 2.28. The fourth-order valence-electron chi connectivity index (χ4n) is 6.36. The van der Waals surface area contributed by atoms with E-state index in [1.807, 2.05) is 12.1 Å². The van der Waals surface area contributed by atoms with Crippen LogP contribution >= 0.6 is 0 Å². The molecule has 2 aromatic rings. The van der Waals surface area contributed by atoms with Crippen molar-refractivity contribution < 1.29 is 5.11 Å². The van der Waals surface area contributed by atoms with Gasteiger partial charge in [0, 0.05) is 18.2 Å². The van der Waals surface area contributed by atoms with Crippen molar-refractivity contribution in [1.29, 1.82) is 0 Å². The molecule has 0 spiro atoms. The van der Waals surface area contributed by atoms with E-state index in [1.165, 1.54) is 48.1 Å². The number of aryl methyl sites for hydroxylation is 1. The molecule has 0 bridgehead atoms. The van der Waals surface area contributed by atoms with Gasteiger partial charge in [0.15, 0.2) is 0 Å². The van der Waals surface area contributed by atoms with Gasteiger partial charge in [0.05, 0.1) is 5.69 Å². The number of aromatic hydroxyl groups is 1. The van der Waals surface area contributed by atoms with Gasteiger partial charge >= 0.3 is 0 Å². The highest BCUT2D eigenvalue weighted by Crippen LogP contribution is 2.59. The van der Waals surface area contributed by atoms with E-state index in [9.17, 15) is 5.11 Å². The first-order chi connectivity index (χ1) is 12.5. The van der Waals surface area contributed by atoms with Gasteiger partial charge in [-0.05, 0) is 84.6 Å². The number of hydrogen-bond acceptors (Lipinski definition) is 2. The summed E-state index contributed by atoms with van der Waals surface area (Å²) >= 11 is 0. The largest absolute Gasteiger partial charge is 0.508 e. The molecule has 138 valence electrons. The molecule has 1 saturated carbocycles. The van der Waals surface area contributed by atoms with Crippen molar-refractivity contribution in [2.75, 3.05) is 0 Å². The molecule has 3 aliphatic carbocycles. The zero-order chi connectivity index (χ0) is 18.1. The average molecular weight is 351 g/mol. The summed E-state index contributed by atoms with van der Waals surface area (Å²) in [4.78, 5) is 0. The third-order valence-corrected chi connectivity index (χ3v) is 7.47. The Morgan fingerprint density at radius 1 is 1.27 bits per heavy atom. The van der Waals surface area contributed by atoms with Crippen molar-refractivity contribution in [1.82, 2.24) is 9.78 Å². The first kappa shape index (κ1) is 16.4. The highest BCUT2D eigenvalue weighted by molar-refractivity contribution is 5.42. The van der Waals surface area contributed by atoms with Gasteiger partial charge < -0.3 is 5.11 Å². The number of aromatic nitrogens is 2. The summed E-state index contributed by atoms with van der Waals surface area (Å²) in [6, 6.07) is 6.08.